The standard InChI is InChI=1S/C24H25N3O4S/c1-7-26-17-13(2)14(9-10-15(17)32-22(26)31)18(28)16-19(27-12-8-11-25-27)23(3,4)21(30)24(5,6)20(16)29/h8-12H,7H2,1-6H3. The Bertz CT molecular complexity index is 1380. The van der Waals surface area contributed by atoms with Crippen LogP contribution in [0.25, 0.3) is 15.9 Å². The van der Waals surface area contributed by atoms with Gasteiger partial charge in [0.05, 0.1) is 32.3 Å². The van der Waals surface area contributed by atoms with Crippen molar-refractivity contribution >= 4 is 44.6 Å². The van der Waals surface area contributed by atoms with Crippen LogP contribution in [0, 0.1) is 17.8 Å². The molecule has 0 fully saturated rings. The van der Waals surface area contributed by atoms with Crippen LogP contribution in [0.3, 0.4) is 0 Å². The maximum atomic E-state index is 14.0. The Hall–Kier alpha value is -3.13. The van der Waals surface area contributed by atoms with Crippen molar-refractivity contribution in [2.24, 2.45) is 10.8 Å². The molecule has 32 heavy (non-hydrogen) atoms. The second-order valence-corrected chi connectivity index (χ2v) is 10.1. The van der Waals surface area contributed by atoms with Gasteiger partial charge in [0.15, 0.2) is 17.3 Å². The van der Waals surface area contributed by atoms with Crippen molar-refractivity contribution in [3.8, 4) is 0 Å². The molecule has 166 valence electrons. The van der Waals surface area contributed by atoms with Gasteiger partial charge in [0.1, 0.15) is 0 Å². The topological polar surface area (TPSA) is 91.0 Å². The van der Waals surface area contributed by atoms with Gasteiger partial charge in [0, 0.05) is 24.5 Å². The lowest BCUT2D eigenvalue weighted by molar-refractivity contribution is -0.141. The molecule has 1 aromatic carbocycles. The van der Waals surface area contributed by atoms with Crippen LogP contribution >= 0.6 is 11.3 Å². The summed E-state index contributed by atoms with van der Waals surface area (Å²) in [6, 6.07) is 5.09. The number of benzene rings is 1. The molecule has 0 radical (unpaired) electrons. The van der Waals surface area contributed by atoms with Gasteiger partial charge in [0.2, 0.25) is 0 Å². The number of carbonyl (C=O) groups excluding carboxylic acids is 3. The Balaban J connectivity index is 2.05. The first-order chi connectivity index (χ1) is 14.9. The van der Waals surface area contributed by atoms with Crippen molar-refractivity contribution in [3.05, 3.63) is 57.0 Å². The van der Waals surface area contributed by atoms with Crippen LogP contribution in [0.5, 0.6) is 0 Å². The van der Waals surface area contributed by atoms with E-state index in [2.05, 4.69) is 5.10 Å². The predicted octanol–water partition coefficient (Wildman–Crippen LogP) is 3.89. The van der Waals surface area contributed by atoms with E-state index in [1.165, 1.54) is 4.68 Å². The number of hydrogen-bond donors (Lipinski definition) is 0. The summed E-state index contributed by atoms with van der Waals surface area (Å²) in [5, 5.41) is 4.24. The number of ketones is 3. The molecule has 2 aromatic heterocycles. The summed E-state index contributed by atoms with van der Waals surface area (Å²) in [6.07, 6.45) is 3.18. The highest BCUT2D eigenvalue weighted by Gasteiger charge is 2.55. The second kappa shape index (κ2) is 7.20. The van der Waals surface area contributed by atoms with Gasteiger partial charge in [-0.3, -0.25) is 23.7 Å². The van der Waals surface area contributed by atoms with E-state index in [0.717, 1.165) is 16.0 Å². The number of rotatable bonds is 4. The fraction of sp³-hybridized carbons (Fsp3) is 0.375. The fourth-order valence-corrected chi connectivity index (χ4v) is 5.75. The molecule has 0 saturated heterocycles. The number of carbonyl (C=O) groups is 3. The summed E-state index contributed by atoms with van der Waals surface area (Å²) in [5.74, 6) is -1.24. The van der Waals surface area contributed by atoms with E-state index >= 15 is 0 Å². The van der Waals surface area contributed by atoms with Gasteiger partial charge in [-0.2, -0.15) is 5.10 Å². The quantitative estimate of drug-likeness (QED) is 0.341. The zero-order valence-electron chi connectivity index (χ0n) is 19.0. The predicted molar refractivity (Wildman–Crippen MR) is 124 cm³/mol. The second-order valence-electron chi connectivity index (χ2n) is 9.11. The van der Waals surface area contributed by atoms with Crippen molar-refractivity contribution in [1.29, 1.82) is 0 Å². The van der Waals surface area contributed by atoms with E-state index in [1.54, 1.807) is 69.8 Å². The summed E-state index contributed by atoms with van der Waals surface area (Å²) in [7, 11) is 0. The Labute approximate surface area is 189 Å². The highest BCUT2D eigenvalue weighted by Crippen LogP contribution is 2.47. The third-order valence-electron chi connectivity index (χ3n) is 6.36. The van der Waals surface area contributed by atoms with Crippen molar-refractivity contribution in [1.82, 2.24) is 14.3 Å². The molecule has 4 rings (SSSR count). The van der Waals surface area contributed by atoms with E-state index in [0.29, 0.717) is 23.2 Å². The number of aromatic nitrogens is 3. The van der Waals surface area contributed by atoms with Crippen LogP contribution in [-0.2, 0) is 16.1 Å². The highest BCUT2D eigenvalue weighted by atomic mass is 32.1. The molecule has 7 nitrogen and oxygen atoms in total. The monoisotopic (exact) mass is 451 g/mol. The molecule has 3 aromatic rings. The van der Waals surface area contributed by atoms with E-state index < -0.39 is 22.4 Å². The minimum atomic E-state index is -1.35. The van der Waals surface area contributed by atoms with Crippen LogP contribution in [0.4, 0.5) is 0 Å². The Morgan fingerprint density at radius 2 is 1.78 bits per heavy atom. The van der Waals surface area contributed by atoms with E-state index in [-0.39, 0.29) is 21.9 Å². The molecule has 2 heterocycles. The molecule has 8 heteroatoms. The first-order valence-electron chi connectivity index (χ1n) is 10.5. The van der Waals surface area contributed by atoms with Gasteiger partial charge in [-0.1, -0.05) is 11.3 Å². The van der Waals surface area contributed by atoms with Crippen LogP contribution in [0.1, 0.15) is 50.5 Å². The zero-order valence-corrected chi connectivity index (χ0v) is 19.8. The normalized spacial score (nSPS) is 17.9. The molecule has 1 aliphatic carbocycles. The minimum absolute atomic E-state index is 0.0358. The van der Waals surface area contributed by atoms with Gasteiger partial charge in [-0.15, -0.1) is 0 Å². The Morgan fingerprint density at radius 1 is 1.09 bits per heavy atom. The summed E-state index contributed by atoms with van der Waals surface area (Å²) >= 11 is 1.13. The summed E-state index contributed by atoms with van der Waals surface area (Å²) in [4.78, 5) is 53.1. The maximum Gasteiger partial charge on any atom is 0.308 e. The van der Waals surface area contributed by atoms with Crippen molar-refractivity contribution in [2.75, 3.05) is 0 Å². The van der Waals surface area contributed by atoms with E-state index in [4.69, 9.17) is 0 Å². The number of thiazole rings is 1. The third-order valence-corrected chi connectivity index (χ3v) is 7.31. The number of aryl methyl sites for hydroxylation is 2. The van der Waals surface area contributed by atoms with E-state index in [9.17, 15) is 19.2 Å². The SMILES string of the molecule is CCn1c(=O)sc2ccc(C(=O)C3=C(n4cccn4)C(C)(C)C(=O)C(C)(C)C3=O)c(C)c21. The lowest BCUT2D eigenvalue weighted by Gasteiger charge is -2.40. The third kappa shape index (κ3) is 2.89. The van der Waals surface area contributed by atoms with Gasteiger partial charge in [-0.25, -0.2) is 4.68 Å². The fourth-order valence-electron chi connectivity index (χ4n) is 4.74. The molecular formula is C24H25N3O4S. The van der Waals surface area contributed by atoms with Gasteiger partial charge < -0.3 is 0 Å². The lowest BCUT2D eigenvalue weighted by Crippen LogP contribution is -2.50. The molecule has 0 bridgehead atoms. The highest BCUT2D eigenvalue weighted by molar-refractivity contribution is 7.16. The molecular weight excluding hydrogens is 426 g/mol. The van der Waals surface area contributed by atoms with Crippen molar-refractivity contribution in [2.45, 2.75) is 48.1 Å². The molecule has 0 amide bonds. The van der Waals surface area contributed by atoms with Crippen LogP contribution < -0.4 is 4.87 Å². The van der Waals surface area contributed by atoms with E-state index in [1.807, 2.05) is 6.92 Å². The van der Waals surface area contributed by atoms with Crippen molar-refractivity contribution < 1.29 is 14.4 Å². The average molecular weight is 452 g/mol. The van der Waals surface area contributed by atoms with Crippen molar-refractivity contribution in [3.63, 3.8) is 0 Å². The minimum Gasteiger partial charge on any atom is -0.299 e. The van der Waals surface area contributed by atoms with Crippen LogP contribution in [0.2, 0.25) is 0 Å². The lowest BCUT2D eigenvalue weighted by atomic mass is 9.62. The molecule has 0 saturated carbocycles. The number of Topliss-reactive ketones (excluding diaryl/α,β-unsaturated/α-hetero) is 3. The number of allylic oxidation sites excluding steroid dienone is 2. The first-order valence-corrected chi connectivity index (χ1v) is 11.3. The van der Waals surface area contributed by atoms with Gasteiger partial charge >= 0.3 is 4.87 Å². The van der Waals surface area contributed by atoms with Gasteiger partial charge in [-0.05, 0) is 65.3 Å². The molecule has 0 atom stereocenters. The Morgan fingerprint density at radius 3 is 2.38 bits per heavy atom. The molecule has 0 N–H and O–H groups in total. The van der Waals surface area contributed by atoms with Crippen LogP contribution in [-0.4, -0.2) is 31.7 Å². The molecule has 0 spiro atoms. The number of hydrogen-bond acceptors (Lipinski definition) is 6. The number of fused-ring (bicyclic) bond motifs is 1. The number of nitrogens with zero attached hydrogens (tertiary/aromatic N) is 3. The molecule has 0 unspecified atom stereocenters. The summed E-state index contributed by atoms with van der Waals surface area (Å²) in [5.41, 5.74) is -0.540. The largest absolute Gasteiger partial charge is 0.308 e. The zero-order chi connectivity index (χ0) is 23.6. The summed E-state index contributed by atoms with van der Waals surface area (Å²) < 4.78 is 3.87. The Kier molecular flexibility index (Phi) is 4.97. The summed E-state index contributed by atoms with van der Waals surface area (Å²) in [6.45, 7) is 10.7. The smallest absolute Gasteiger partial charge is 0.299 e. The molecule has 1 aliphatic rings. The average Bonchev–Trinajstić information content (AvgIpc) is 3.36. The maximum absolute atomic E-state index is 14.0. The van der Waals surface area contributed by atoms with Crippen LogP contribution in [0.15, 0.2) is 41.0 Å². The first kappa shape index (κ1) is 22.1. The van der Waals surface area contributed by atoms with Gasteiger partial charge in [0.25, 0.3) is 0 Å². The molecule has 0 aliphatic heterocycles.